The lowest BCUT2D eigenvalue weighted by Gasteiger charge is -2.43. The molecule has 1 saturated heterocycles. The first kappa shape index (κ1) is 20.5. The number of nitrogens with zero attached hydrogens (tertiary/aromatic N) is 4. The second-order valence-corrected chi connectivity index (χ2v) is 7.75. The summed E-state index contributed by atoms with van der Waals surface area (Å²) in [6, 6.07) is 18.2. The minimum atomic E-state index is -1.00. The van der Waals surface area contributed by atoms with E-state index in [0.29, 0.717) is 6.61 Å². The van der Waals surface area contributed by atoms with Crippen molar-refractivity contribution < 1.29 is 9.84 Å². The first-order valence-corrected chi connectivity index (χ1v) is 10.3. The first-order chi connectivity index (χ1) is 14.6. The molecular formula is C24H28N4O2. The predicted octanol–water partition coefficient (Wildman–Crippen LogP) is 3.33. The third-order valence-electron chi connectivity index (χ3n) is 5.49. The van der Waals surface area contributed by atoms with Gasteiger partial charge in [-0.3, -0.25) is 4.90 Å². The molecule has 1 fully saturated rings. The van der Waals surface area contributed by atoms with Crippen LogP contribution in [0.2, 0.25) is 0 Å². The molecule has 30 heavy (non-hydrogen) atoms. The van der Waals surface area contributed by atoms with Gasteiger partial charge in [-0.05, 0) is 19.1 Å². The second kappa shape index (κ2) is 8.92. The third kappa shape index (κ3) is 4.36. The van der Waals surface area contributed by atoms with Gasteiger partial charge in [-0.15, -0.1) is 6.58 Å². The van der Waals surface area contributed by atoms with Gasteiger partial charge in [0.2, 0.25) is 0 Å². The summed E-state index contributed by atoms with van der Waals surface area (Å²) in [6.07, 6.45) is 1.69. The average Bonchev–Trinajstić information content (AvgIpc) is 2.79. The molecule has 0 radical (unpaired) electrons. The lowest BCUT2D eigenvalue weighted by Crippen LogP contribution is -2.58. The monoisotopic (exact) mass is 404 g/mol. The Morgan fingerprint density at radius 3 is 2.47 bits per heavy atom. The standard InChI is InChI=1S/C24H28N4O2/c1-3-17-30-18-24(2,29)28-15-13-27(14-16-28)23-20-11-7-8-12-21(20)25-22(26-23)19-9-5-4-6-10-19/h3-12,29H,1,13-18H2,2H3. The maximum absolute atomic E-state index is 10.8. The number of aliphatic hydroxyl groups is 1. The van der Waals surface area contributed by atoms with Gasteiger partial charge in [0.25, 0.3) is 0 Å². The van der Waals surface area contributed by atoms with Crippen LogP contribution in [0.25, 0.3) is 22.3 Å². The fourth-order valence-corrected chi connectivity index (χ4v) is 3.84. The summed E-state index contributed by atoms with van der Waals surface area (Å²) >= 11 is 0. The van der Waals surface area contributed by atoms with Gasteiger partial charge in [0.15, 0.2) is 5.82 Å². The topological polar surface area (TPSA) is 61.7 Å². The van der Waals surface area contributed by atoms with Gasteiger partial charge in [0.05, 0.1) is 18.7 Å². The average molecular weight is 405 g/mol. The van der Waals surface area contributed by atoms with Crippen LogP contribution in [0.3, 0.4) is 0 Å². The number of fused-ring (bicyclic) bond motifs is 1. The van der Waals surface area contributed by atoms with Crippen LogP contribution < -0.4 is 4.90 Å². The zero-order chi connectivity index (χ0) is 21.0. The Kier molecular flexibility index (Phi) is 6.08. The van der Waals surface area contributed by atoms with E-state index >= 15 is 0 Å². The first-order valence-electron chi connectivity index (χ1n) is 10.3. The SMILES string of the molecule is C=CCOCC(C)(O)N1CCN(c2nc(-c3ccccc3)nc3ccccc23)CC1. The minimum absolute atomic E-state index is 0.258. The van der Waals surface area contributed by atoms with Gasteiger partial charge in [-0.2, -0.15) is 0 Å². The van der Waals surface area contributed by atoms with Crippen molar-refractivity contribution >= 4 is 16.7 Å². The van der Waals surface area contributed by atoms with E-state index < -0.39 is 5.72 Å². The fourth-order valence-electron chi connectivity index (χ4n) is 3.84. The molecule has 1 aliphatic heterocycles. The number of hydrogen-bond acceptors (Lipinski definition) is 6. The molecule has 156 valence electrons. The number of para-hydroxylation sites is 1. The van der Waals surface area contributed by atoms with Crippen molar-refractivity contribution in [3.05, 3.63) is 67.3 Å². The van der Waals surface area contributed by atoms with Gasteiger partial charge in [0.1, 0.15) is 11.5 Å². The molecule has 0 saturated carbocycles. The molecule has 2 heterocycles. The number of anilines is 1. The molecule has 0 spiro atoms. The zero-order valence-corrected chi connectivity index (χ0v) is 17.4. The number of aromatic nitrogens is 2. The predicted molar refractivity (Wildman–Crippen MR) is 120 cm³/mol. The molecule has 1 unspecified atom stereocenters. The van der Waals surface area contributed by atoms with Crippen LogP contribution >= 0.6 is 0 Å². The summed E-state index contributed by atoms with van der Waals surface area (Å²) in [5, 5.41) is 11.9. The highest BCUT2D eigenvalue weighted by Crippen LogP contribution is 2.29. The van der Waals surface area contributed by atoms with Crippen LogP contribution in [-0.2, 0) is 4.74 Å². The molecule has 3 aromatic rings. The van der Waals surface area contributed by atoms with Gasteiger partial charge in [-0.25, -0.2) is 9.97 Å². The summed E-state index contributed by atoms with van der Waals surface area (Å²) in [4.78, 5) is 14.1. The summed E-state index contributed by atoms with van der Waals surface area (Å²) in [5.41, 5.74) is 0.942. The van der Waals surface area contributed by atoms with Crippen LogP contribution in [0.1, 0.15) is 6.92 Å². The Balaban J connectivity index is 1.57. The molecule has 0 amide bonds. The highest BCUT2D eigenvalue weighted by Gasteiger charge is 2.33. The van der Waals surface area contributed by atoms with E-state index in [2.05, 4.69) is 22.4 Å². The summed E-state index contributed by atoms with van der Waals surface area (Å²) in [6.45, 7) is 9.14. The molecular weight excluding hydrogens is 376 g/mol. The number of rotatable bonds is 7. The Bertz CT molecular complexity index is 999. The van der Waals surface area contributed by atoms with Crippen molar-refractivity contribution in [2.45, 2.75) is 12.6 Å². The van der Waals surface area contributed by atoms with Crippen LogP contribution in [0.15, 0.2) is 67.3 Å². The van der Waals surface area contributed by atoms with Crippen molar-refractivity contribution in [1.29, 1.82) is 0 Å². The zero-order valence-electron chi connectivity index (χ0n) is 17.4. The Morgan fingerprint density at radius 2 is 1.73 bits per heavy atom. The molecule has 1 aromatic heterocycles. The van der Waals surface area contributed by atoms with Gasteiger partial charge in [-0.1, -0.05) is 48.5 Å². The van der Waals surface area contributed by atoms with Crippen LogP contribution in [0.5, 0.6) is 0 Å². The minimum Gasteiger partial charge on any atom is -0.373 e. The Hall–Kier alpha value is -2.80. The molecule has 4 rings (SSSR count). The van der Waals surface area contributed by atoms with Crippen molar-refractivity contribution in [2.24, 2.45) is 0 Å². The fraction of sp³-hybridized carbons (Fsp3) is 0.333. The molecule has 6 heteroatoms. The molecule has 1 aliphatic rings. The summed E-state index contributed by atoms with van der Waals surface area (Å²) in [7, 11) is 0. The molecule has 1 N–H and O–H groups in total. The van der Waals surface area contributed by atoms with E-state index in [9.17, 15) is 5.11 Å². The van der Waals surface area contributed by atoms with E-state index in [-0.39, 0.29) is 6.61 Å². The Morgan fingerprint density at radius 1 is 1.03 bits per heavy atom. The lowest BCUT2D eigenvalue weighted by molar-refractivity contribution is -0.138. The van der Waals surface area contributed by atoms with Crippen molar-refractivity contribution in [3.63, 3.8) is 0 Å². The quantitative estimate of drug-likeness (QED) is 0.481. The maximum atomic E-state index is 10.8. The van der Waals surface area contributed by atoms with E-state index in [1.54, 1.807) is 13.0 Å². The van der Waals surface area contributed by atoms with Crippen molar-refractivity contribution in [3.8, 4) is 11.4 Å². The molecule has 0 aliphatic carbocycles. The molecule has 6 nitrogen and oxygen atoms in total. The summed E-state index contributed by atoms with van der Waals surface area (Å²) < 4.78 is 5.49. The highest BCUT2D eigenvalue weighted by molar-refractivity contribution is 5.91. The smallest absolute Gasteiger partial charge is 0.162 e. The normalized spacial score (nSPS) is 17.1. The van der Waals surface area contributed by atoms with Gasteiger partial charge in [0, 0.05) is 37.1 Å². The molecule has 2 aromatic carbocycles. The number of benzene rings is 2. The van der Waals surface area contributed by atoms with Crippen LogP contribution in [0.4, 0.5) is 5.82 Å². The van der Waals surface area contributed by atoms with E-state index in [1.807, 2.05) is 48.5 Å². The molecule has 1 atom stereocenters. The lowest BCUT2D eigenvalue weighted by atomic mass is 10.1. The Labute approximate surface area is 177 Å². The second-order valence-electron chi connectivity index (χ2n) is 7.75. The molecule has 0 bridgehead atoms. The van der Waals surface area contributed by atoms with Crippen molar-refractivity contribution in [1.82, 2.24) is 14.9 Å². The number of hydrogen-bond donors (Lipinski definition) is 1. The number of ether oxygens (including phenoxy) is 1. The number of piperazine rings is 1. The van der Waals surface area contributed by atoms with Gasteiger partial charge < -0.3 is 14.7 Å². The van der Waals surface area contributed by atoms with E-state index in [4.69, 9.17) is 14.7 Å². The largest absolute Gasteiger partial charge is 0.373 e. The van der Waals surface area contributed by atoms with Crippen LogP contribution in [0, 0.1) is 0 Å². The van der Waals surface area contributed by atoms with Crippen LogP contribution in [-0.4, -0.2) is 65.1 Å². The van der Waals surface area contributed by atoms with E-state index in [0.717, 1.165) is 54.3 Å². The third-order valence-corrected chi connectivity index (χ3v) is 5.49. The summed E-state index contributed by atoms with van der Waals surface area (Å²) in [5.74, 6) is 1.68. The highest BCUT2D eigenvalue weighted by atomic mass is 16.5. The maximum Gasteiger partial charge on any atom is 0.162 e. The van der Waals surface area contributed by atoms with Gasteiger partial charge >= 0.3 is 0 Å². The van der Waals surface area contributed by atoms with E-state index in [1.165, 1.54) is 0 Å². The van der Waals surface area contributed by atoms with Crippen molar-refractivity contribution in [2.75, 3.05) is 44.3 Å².